The summed E-state index contributed by atoms with van der Waals surface area (Å²) in [5.74, 6) is -2.36. The predicted molar refractivity (Wildman–Crippen MR) is 151 cm³/mol. The van der Waals surface area contributed by atoms with Crippen molar-refractivity contribution in [1.29, 1.82) is 5.41 Å². The monoisotopic (exact) mass is 629 g/mol. The smallest absolute Gasteiger partial charge is 0.430 e. The van der Waals surface area contributed by atoms with Crippen LogP contribution in [0.25, 0.3) is 21.8 Å². The highest BCUT2D eigenvalue weighted by molar-refractivity contribution is 8.45. The lowest BCUT2D eigenvalue weighted by Gasteiger charge is -2.34. The number of nitrogens with zero attached hydrogens (tertiary/aromatic N) is 3. The van der Waals surface area contributed by atoms with Gasteiger partial charge in [-0.3, -0.25) is 15.0 Å². The van der Waals surface area contributed by atoms with Gasteiger partial charge >= 0.3 is 6.18 Å². The van der Waals surface area contributed by atoms with Crippen LogP contribution in [-0.4, -0.2) is 83.6 Å². The summed E-state index contributed by atoms with van der Waals surface area (Å²) in [6, 6.07) is 9.50. The first-order valence-electron chi connectivity index (χ1n) is 11.9. The number of amidine groups is 1. The molecule has 16 heteroatoms. The third-order valence-electron chi connectivity index (χ3n) is 5.73. The number of ether oxygens (including phenoxy) is 1. The van der Waals surface area contributed by atoms with E-state index in [1.807, 2.05) is 42.0 Å². The van der Waals surface area contributed by atoms with Gasteiger partial charge in [0.1, 0.15) is 27.5 Å². The van der Waals surface area contributed by atoms with Crippen LogP contribution in [-0.2, 0) is 14.4 Å². The van der Waals surface area contributed by atoms with E-state index in [0.717, 1.165) is 26.7 Å². The van der Waals surface area contributed by atoms with Gasteiger partial charge in [-0.05, 0) is 12.1 Å². The Morgan fingerprint density at radius 2 is 1.80 bits per heavy atom. The molecule has 2 amide bonds. The number of nitrogens with two attached hydrogens (primary N) is 1. The number of aromatic nitrogens is 1. The highest BCUT2D eigenvalue weighted by Crippen LogP contribution is 2.42. The molecular weight excluding hydrogens is 604 g/mol. The van der Waals surface area contributed by atoms with Crippen LogP contribution in [0.5, 0.6) is 5.75 Å². The molecule has 1 atom stereocenters. The number of hydrogen-bond donors (Lipinski definition) is 2. The summed E-state index contributed by atoms with van der Waals surface area (Å²) in [4.78, 5) is 41.9. The van der Waals surface area contributed by atoms with Gasteiger partial charge in [0.05, 0.1) is 20.8 Å². The number of carbonyl (C=O) groups is 3. The fraction of sp³-hybridized carbons (Fsp3) is 0.320. The number of amides is 2. The maximum atomic E-state index is 12.5. The van der Waals surface area contributed by atoms with Crippen molar-refractivity contribution in [2.45, 2.75) is 13.1 Å². The number of carbonyl (C=O) groups excluding carboxylic acids is 3. The average molecular weight is 630 g/mol. The summed E-state index contributed by atoms with van der Waals surface area (Å²) < 4.78 is 37.3. The Morgan fingerprint density at radius 3 is 2.34 bits per heavy atom. The Labute approximate surface area is 243 Å². The second-order valence-electron chi connectivity index (χ2n) is 8.49. The summed E-state index contributed by atoms with van der Waals surface area (Å²) in [7, 11) is 1.44. The Morgan fingerprint density at radius 1 is 1.17 bits per heavy atom. The quantitative estimate of drug-likeness (QED) is 0.175. The lowest BCUT2D eigenvalue weighted by atomic mass is 10.1. The van der Waals surface area contributed by atoms with Gasteiger partial charge in [-0.1, -0.05) is 12.1 Å². The molecule has 1 aliphatic rings. The van der Waals surface area contributed by atoms with Crippen LogP contribution < -0.4 is 15.6 Å². The fourth-order valence-electron chi connectivity index (χ4n) is 3.64. The van der Waals surface area contributed by atoms with E-state index < -0.39 is 12.1 Å². The fourth-order valence-corrected chi connectivity index (χ4v) is 7.36. The van der Waals surface area contributed by atoms with Gasteiger partial charge in [-0.25, -0.2) is 4.98 Å². The van der Waals surface area contributed by atoms with E-state index in [4.69, 9.17) is 30.8 Å². The predicted octanol–water partition coefficient (Wildman–Crippen LogP) is 3.00. The zero-order chi connectivity index (χ0) is 30.3. The molecule has 0 aliphatic carbocycles. The molecule has 0 spiro atoms. The Hall–Kier alpha value is -3.63. The van der Waals surface area contributed by atoms with Crippen molar-refractivity contribution in [3.8, 4) is 27.6 Å². The number of aliphatic carboxylic acids is 1. The number of carboxylic acid groups (broad SMARTS) is 1. The first-order valence-corrected chi connectivity index (χ1v) is 15.8. The molecule has 1 aliphatic heterocycles. The molecular formula is C25H26F3N5O5S3. The summed E-state index contributed by atoms with van der Waals surface area (Å²) >= 11 is 1.54. The molecule has 10 nitrogen and oxygen atoms in total. The highest BCUT2D eigenvalue weighted by Gasteiger charge is 2.29. The highest BCUT2D eigenvalue weighted by atomic mass is 33.1. The zero-order valence-corrected chi connectivity index (χ0v) is 24.3. The number of nitrogen functional groups attached to an aromatic ring is 1. The molecule has 0 bridgehead atoms. The standard InChI is InChI=1S/C23H26N5O3S3.C2HF3O2/c1-15(29)27-6-8-28(9-7-27)21(30)12-31-18-5-3-4-16(10-18)19-13-33-23(26-19)17-11-20(22(24)25)34(14-17)32-2;3-2(4,5)1(6)7/h3-5,10-11,13-14H,6-9,12H2,1-2H3,(H3,24,25);(H,6,7)/q+1;/p-1. The first-order chi connectivity index (χ1) is 19.3. The van der Waals surface area contributed by atoms with E-state index in [2.05, 4.69) is 5.38 Å². The van der Waals surface area contributed by atoms with E-state index >= 15 is 0 Å². The number of halogens is 3. The molecule has 3 heterocycles. The number of carboxylic acids is 1. The molecule has 1 unspecified atom stereocenters. The molecule has 3 N–H and O–H groups in total. The van der Waals surface area contributed by atoms with Gasteiger partial charge in [0.15, 0.2) is 17.8 Å². The molecule has 220 valence electrons. The number of alkyl halides is 3. The average Bonchev–Trinajstić information content (AvgIpc) is 3.59. The molecule has 1 aromatic carbocycles. The van der Waals surface area contributed by atoms with Crippen molar-refractivity contribution < 1.29 is 37.4 Å². The van der Waals surface area contributed by atoms with E-state index in [1.54, 1.807) is 38.9 Å². The van der Waals surface area contributed by atoms with Gasteiger partial charge in [-0.15, -0.1) is 11.3 Å². The number of thiazole rings is 1. The summed E-state index contributed by atoms with van der Waals surface area (Å²) in [5, 5.41) is 21.6. The van der Waals surface area contributed by atoms with Crippen LogP contribution in [0.15, 0.2) is 41.1 Å². The minimum atomic E-state index is -5.19. The third-order valence-corrected chi connectivity index (χ3v) is 10.1. The van der Waals surface area contributed by atoms with Crippen molar-refractivity contribution in [2.24, 2.45) is 5.73 Å². The maximum absolute atomic E-state index is 12.5. The molecule has 0 saturated carbocycles. The summed E-state index contributed by atoms with van der Waals surface area (Å²) in [5.41, 5.74) is 8.45. The summed E-state index contributed by atoms with van der Waals surface area (Å²) in [6.07, 6.45) is -3.19. The molecule has 2 aromatic heterocycles. The normalized spacial score (nSPS) is 13.7. The lowest BCUT2D eigenvalue weighted by Crippen LogP contribution is -2.51. The van der Waals surface area contributed by atoms with Crippen LogP contribution in [0.1, 0.15) is 11.8 Å². The molecule has 0 radical (unpaired) electrons. The van der Waals surface area contributed by atoms with Crippen LogP contribution in [0, 0.1) is 5.41 Å². The Balaban J connectivity index is 0.000000587. The van der Waals surface area contributed by atoms with Crippen molar-refractivity contribution in [3.05, 3.63) is 46.0 Å². The number of benzene rings is 1. The van der Waals surface area contributed by atoms with Crippen molar-refractivity contribution in [1.82, 2.24) is 14.8 Å². The van der Waals surface area contributed by atoms with Gasteiger partial charge in [0, 0.05) is 56.4 Å². The largest absolute Gasteiger partial charge is 0.542 e. The maximum Gasteiger partial charge on any atom is 0.430 e. The third kappa shape index (κ3) is 8.68. The topological polar surface area (TPSA) is 153 Å². The van der Waals surface area contributed by atoms with E-state index in [1.165, 1.54) is 0 Å². The van der Waals surface area contributed by atoms with E-state index in [-0.39, 0.29) is 33.8 Å². The van der Waals surface area contributed by atoms with Gasteiger partial charge in [-0.2, -0.15) is 13.2 Å². The van der Waals surface area contributed by atoms with Crippen molar-refractivity contribution in [2.75, 3.05) is 39.0 Å². The Kier molecular flexibility index (Phi) is 10.8. The molecule has 3 aromatic rings. The minimum Gasteiger partial charge on any atom is -0.542 e. The Bertz CT molecular complexity index is 1420. The number of hydrogen-bond acceptors (Lipinski definition) is 9. The van der Waals surface area contributed by atoms with Gasteiger partial charge in [0.25, 0.3) is 5.91 Å². The number of thiophene rings is 1. The summed E-state index contributed by atoms with van der Waals surface area (Å²) in [6.45, 7) is 3.66. The van der Waals surface area contributed by atoms with Gasteiger partial charge in [0.2, 0.25) is 10.8 Å². The van der Waals surface area contributed by atoms with Crippen LogP contribution >= 0.6 is 31.6 Å². The zero-order valence-electron chi connectivity index (χ0n) is 21.9. The van der Waals surface area contributed by atoms with E-state index in [9.17, 15) is 22.8 Å². The van der Waals surface area contributed by atoms with Crippen LogP contribution in [0.2, 0.25) is 0 Å². The van der Waals surface area contributed by atoms with Crippen molar-refractivity contribution in [3.63, 3.8) is 0 Å². The van der Waals surface area contributed by atoms with E-state index in [0.29, 0.717) is 31.9 Å². The first kappa shape index (κ1) is 31.9. The van der Waals surface area contributed by atoms with Crippen LogP contribution in [0.3, 0.4) is 0 Å². The molecule has 41 heavy (non-hydrogen) atoms. The minimum absolute atomic E-state index is 0.0365. The molecule has 1 fully saturated rings. The molecule has 1 saturated heterocycles. The second kappa shape index (κ2) is 13.8. The lowest BCUT2D eigenvalue weighted by molar-refractivity contribution is -0.344. The van der Waals surface area contributed by atoms with Crippen molar-refractivity contribution >= 4 is 55.3 Å². The SMILES string of the molecule is CS[s+]1cc(-c2nc(-c3cccc(OCC(=O)N4CCN(C(C)=O)CC4)c3)cs2)cc1C(=N)N.O=C([O-])C(F)(F)F. The second-order valence-corrected chi connectivity index (χ2v) is 13.0. The molecule has 4 rings (SSSR count). The van der Waals surface area contributed by atoms with Gasteiger partial charge < -0.3 is 30.2 Å². The number of nitrogens with one attached hydrogen (secondary N) is 1. The number of piperazine rings is 1. The van der Waals surface area contributed by atoms with Crippen LogP contribution in [0.4, 0.5) is 13.2 Å². The number of rotatable bonds is 7.